The number of para-hydroxylation sites is 1. The first-order chi connectivity index (χ1) is 8.24. The maximum atomic E-state index is 10.5. The maximum Gasteiger partial charge on any atom is 0.217 e. The number of carbonyl (C=O) groups excluding carboxylic acids is 1. The molecule has 1 aromatic carbocycles. The number of primary amides is 1. The molecule has 0 aromatic heterocycles. The van der Waals surface area contributed by atoms with Gasteiger partial charge in [0.25, 0.3) is 0 Å². The summed E-state index contributed by atoms with van der Waals surface area (Å²) in [7, 11) is 0. The molecule has 0 aliphatic carbocycles. The van der Waals surface area contributed by atoms with Crippen molar-refractivity contribution in [2.45, 2.75) is 25.7 Å². The number of hydrogen-bond donors (Lipinski definition) is 2. The Labute approximate surface area is 101 Å². The summed E-state index contributed by atoms with van der Waals surface area (Å²) < 4.78 is 5.61. The molecule has 0 aliphatic rings. The van der Waals surface area contributed by atoms with Gasteiger partial charge in [-0.3, -0.25) is 4.79 Å². The molecule has 1 aromatic rings. The Hall–Kier alpha value is -1.55. The van der Waals surface area contributed by atoms with Crippen LogP contribution in [0.15, 0.2) is 24.3 Å². The molecule has 0 atom stereocenters. The molecule has 0 saturated carbocycles. The van der Waals surface area contributed by atoms with Crippen LogP contribution in [-0.4, -0.2) is 24.2 Å². The Morgan fingerprint density at radius 3 is 2.76 bits per heavy atom. The van der Waals surface area contributed by atoms with E-state index >= 15 is 0 Å². The molecule has 4 nitrogen and oxygen atoms in total. The van der Waals surface area contributed by atoms with Crippen LogP contribution in [0.5, 0.6) is 5.75 Å². The van der Waals surface area contributed by atoms with Crippen LogP contribution in [0.2, 0.25) is 0 Å². The SMILES string of the molecule is NC(=O)CCCCOc1ccccc1CCO. The van der Waals surface area contributed by atoms with Crippen molar-refractivity contribution >= 4 is 5.91 Å². The highest BCUT2D eigenvalue weighted by Crippen LogP contribution is 2.18. The quantitative estimate of drug-likeness (QED) is 0.668. The van der Waals surface area contributed by atoms with Crippen LogP contribution < -0.4 is 10.5 Å². The van der Waals surface area contributed by atoms with E-state index < -0.39 is 0 Å². The standard InChI is InChI=1S/C13H19NO3/c14-13(16)7-3-4-10-17-12-6-2-1-5-11(12)8-9-15/h1-2,5-6,15H,3-4,7-10H2,(H2,14,16). The zero-order valence-corrected chi connectivity index (χ0v) is 9.89. The Balaban J connectivity index is 2.33. The van der Waals surface area contributed by atoms with E-state index in [1.165, 1.54) is 0 Å². The van der Waals surface area contributed by atoms with Gasteiger partial charge in [-0.25, -0.2) is 0 Å². The van der Waals surface area contributed by atoms with Crippen molar-refractivity contribution in [1.82, 2.24) is 0 Å². The molecule has 0 fully saturated rings. The van der Waals surface area contributed by atoms with Crippen molar-refractivity contribution in [2.75, 3.05) is 13.2 Å². The van der Waals surface area contributed by atoms with E-state index in [0.29, 0.717) is 19.4 Å². The van der Waals surface area contributed by atoms with Crippen molar-refractivity contribution in [1.29, 1.82) is 0 Å². The fourth-order valence-corrected chi connectivity index (χ4v) is 1.56. The van der Waals surface area contributed by atoms with Crippen LogP contribution in [0.1, 0.15) is 24.8 Å². The van der Waals surface area contributed by atoms with E-state index in [0.717, 1.165) is 24.2 Å². The molecule has 1 rings (SSSR count). The van der Waals surface area contributed by atoms with Crippen LogP contribution in [0.4, 0.5) is 0 Å². The number of hydrogen-bond acceptors (Lipinski definition) is 3. The molecular formula is C13H19NO3. The van der Waals surface area contributed by atoms with Crippen molar-refractivity contribution in [2.24, 2.45) is 5.73 Å². The van der Waals surface area contributed by atoms with Gasteiger partial charge in [-0.15, -0.1) is 0 Å². The fourth-order valence-electron chi connectivity index (χ4n) is 1.56. The smallest absolute Gasteiger partial charge is 0.217 e. The first-order valence-corrected chi connectivity index (χ1v) is 5.84. The number of rotatable bonds is 8. The fraction of sp³-hybridized carbons (Fsp3) is 0.462. The molecule has 0 spiro atoms. The summed E-state index contributed by atoms with van der Waals surface area (Å²) in [6.45, 7) is 0.678. The summed E-state index contributed by atoms with van der Waals surface area (Å²) in [5.41, 5.74) is 6.05. The second-order valence-electron chi connectivity index (χ2n) is 3.85. The van der Waals surface area contributed by atoms with Gasteiger partial charge >= 0.3 is 0 Å². The number of benzene rings is 1. The highest BCUT2D eigenvalue weighted by atomic mass is 16.5. The van der Waals surface area contributed by atoms with E-state index in [1.54, 1.807) is 0 Å². The van der Waals surface area contributed by atoms with Crippen LogP contribution >= 0.6 is 0 Å². The molecule has 0 aliphatic heterocycles. The Morgan fingerprint density at radius 2 is 2.06 bits per heavy atom. The molecule has 0 unspecified atom stereocenters. The van der Waals surface area contributed by atoms with Gasteiger partial charge in [-0.1, -0.05) is 18.2 Å². The zero-order chi connectivity index (χ0) is 12.5. The molecule has 4 heteroatoms. The molecule has 94 valence electrons. The third kappa shape index (κ3) is 5.36. The molecule has 0 radical (unpaired) electrons. The minimum atomic E-state index is -0.273. The van der Waals surface area contributed by atoms with E-state index in [2.05, 4.69) is 0 Å². The second kappa shape index (κ2) is 7.68. The van der Waals surface area contributed by atoms with E-state index in [4.69, 9.17) is 15.6 Å². The normalized spacial score (nSPS) is 10.2. The molecular weight excluding hydrogens is 218 g/mol. The summed E-state index contributed by atoms with van der Waals surface area (Å²) in [4.78, 5) is 10.5. The van der Waals surface area contributed by atoms with Gasteiger partial charge in [0, 0.05) is 13.0 Å². The molecule has 3 N–H and O–H groups in total. The third-order valence-corrected chi connectivity index (χ3v) is 2.43. The maximum absolute atomic E-state index is 10.5. The van der Waals surface area contributed by atoms with Crippen LogP contribution in [0.3, 0.4) is 0 Å². The van der Waals surface area contributed by atoms with Gasteiger partial charge in [0.1, 0.15) is 5.75 Å². The second-order valence-corrected chi connectivity index (χ2v) is 3.85. The summed E-state index contributed by atoms with van der Waals surface area (Å²) in [6.07, 6.45) is 2.55. The monoisotopic (exact) mass is 237 g/mol. The number of ether oxygens (including phenoxy) is 1. The number of nitrogens with two attached hydrogens (primary N) is 1. The molecule has 0 bridgehead atoms. The lowest BCUT2D eigenvalue weighted by atomic mass is 10.1. The van der Waals surface area contributed by atoms with E-state index in [-0.39, 0.29) is 12.5 Å². The van der Waals surface area contributed by atoms with Gasteiger partial charge in [-0.2, -0.15) is 0 Å². The lowest BCUT2D eigenvalue weighted by molar-refractivity contribution is -0.118. The topological polar surface area (TPSA) is 72.6 Å². The highest BCUT2D eigenvalue weighted by molar-refractivity contribution is 5.73. The van der Waals surface area contributed by atoms with Crippen LogP contribution in [0.25, 0.3) is 0 Å². The van der Waals surface area contributed by atoms with Crippen molar-refractivity contribution in [3.8, 4) is 5.75 Å². The van der Waals surface area contributed by atoms with Crippen LogP contribution in [-0.2, 0) is 11.2 Å². The molecule has 0 saturated heterocycles. The zero-order valence-electron chi connectivity index (χ0n) is 9.89. The number of aliphatic hydroxyl groups is 1. The van der Waals surface area contributed by atoms with Gasteiger partial charge in [0.2, 0.25) is 5.91 Å². The first kappa shape index (κ1) is 13.5. The average Bonchev–Trinajstić information content (AvgIpc) is 2.31. The largest absolute Gasteiger partial charge is 0.493 e. The summed E-state index contributed by atoms with van der Waals surface area (Å²) in [5, 5.41) is 8.91. The predicted molar refractivity (Wildman–Crippen MR) is 65.8 cm³/mol. The van der Waals surface area contributed by atoms with Gasteiger partial charge < -0.3 is 15.6 Å². The Bertz CT molecular complexity index is 352. The Morgan fingerprint density at radius 1 is 1.29 bits per heavy atom. The lowest BCUT2D eigenvalue weighted by Crippen LogP contribution is -2.10. The third-order valence-electron chi connectivity index (χ3n) is 2.43. The Kier molecular flexibility index (Phi) is 6.10. The van der Waals surface area contributed by atoms with Gasteiger partial charge in [-0.05, 0) is 30.9 Å². The lowest BCUT2D eigenvalue weighted by Gasteiger charge is -2.10. The van der Waals surface area contributed by atoms with Gasteiger partial charge in [0.15, 0.2) is 0 Å². The van der Waals surface area contributed by atoms with Crippen LogP contribution in [0, 0.1) is 0 Å². The van der Waals surface area contributed by atoms with Gasteiger partial charge in [0.05, 0.1) is 6.61 Å². The average molecular weight is 237 g/mol. The predicted octanol–water partition coefficient (Wildman–Crippen LogP) is 1.26. The first-order valence-electron chi connectivity index (χ1n) is 5.84. The van der Waals surface area contributed by atoms with Crippen molar-refractivity contribution in [3.63, 3.8) is 0 Å². The number of carbonyl (C=O) groups is 1. The van der Waals surface area contributed by atoms with E-state index in [9.17, 15) is 4.79 Å². The minimum Gasteiger partial charge on any atom is -0.493 e. The summed E-state index contributed by atoms with van der Waals surface area (Å²) >= 11 is 0. The number of aliphatic hydroxyl groups excluding tert-OH is 1. The van der Waals surface area contributed by atoms with Crippen molar-refractivity contribution in [3.05, 3.63) is 29.8 Å². The summed E-state index contributed by atoms with van der Waals surface area (Å²) in [5.74, 6) is 0.534. The number of amides is 1. The molecule has 17 heavy (non-hydrogen) atoms. The highest BCUT2D eigenvalue weighted by Gasteiger charge is 2.02. The molecule has 1 amide bonds. The van der Waals surface area contributed by atoms with Crippen molar-refractivity contribution < 1.29 is 14.6 Å². The van der Waals surface area contributed by atoms with E-state index in [1.807, 2.05) is 24.3 Å². The minimum absolute atomic E-state index is 0.113. The summed E-state index contributed by atoms with van der Waals surface area (Å²) in [6, 6.07) is 7.65. The number of unbranched alkanes of at least 4 members (excludes halogenated alkanes) is 1. The molecule has 0 heterocycles.